The third kappa shape index (κ3) is 9.52. The lowest BCUT2D eigenvalue weighted by Crippen LogP contribution is -2.38. The third-order valence-electron chi connectivity index (χ3n) is 5.02. The number of ether oxygens (including phenoxy) is 2. The normalized spacial score (nSPS) is 11.5. The van der Waals surface area contributed by atoms with Crippen molar-refractivity contribution in [2.75, 3.05) is 24.3 Å². The molecular formula is C26H34N6O5S. The van der Waals surface area contributed by atoms with Gasteiger partial charge in [-0.15, -0.1) is 0 Å². The van der Waals surface area contributed by atoms with E-state index in [-0.39, 0.29) is 39.0 Å². The lowest BCUT2D eigenvalue weighted by molar-refractivity contribution is -0.141. The Kier molecular flexibility index (Phi) is 11.3. The lowest BCUT2D eigenvalue weighted by Gasteiger charge is -2.20. The molecule has 1 amide bonds. The van der Waals surface area contributed by atoms with Gasteiger partial charge in [-0.3, -0.25) is 0 Å². The van der Waals surface area contributed by atoms with Gasteiger partial charge in [-0.2, -0.15) is 13.5 Å². The van der Waals surface area contributed by atoms with Crippen molar-refractivity contribution in [3.8, 4) is 11.1 Å². The molecule has 3 aromatic rings. The fourth-order valence-electron chi connectivity index (χ4n) is 3.31. The number of aliphatic hydroxyl groups excluding tert-OH is 1. The first-order valence-corrected chi connectivity index (χ1v) is 11.7. The Morgan fingerprint density at radius 1 is 1.05 bits per heavy atom. The number of anilines is 3. The molecule has 2 aromatic heterocycles. The zero-order valence-corrected chi connectivity index (χ0v) is 22.8. The number of nitrogens with zero attached hydrogens (tertiary/aromatic N) is 3. The molecular weight excluding hydrogens is 508 g/mol. The average Bonchev–Trinajstić information content (AvgIpc) is 2.87. The van der Waals surface area contributed by atoms with Gasteiger partial charge in [-0.25, -0.2) is 24.5 Å². The summed E-state index contributed by atoms with van der Waals surface area (Å²) < 4.78 is 10.1. The number of nitrogens with one attached hydrogen (secondary N) is 3. The van der Waals surface area contributed by atoms with Crippen molar-refractivity contribution in [1.29, 1.82) is 0 Å². The number of esters is 1. The quantitative estimate of drug-likeness (QED) is 0.279. The van der Waals surface area contributed by atoms with E-state index in [2.05, 4.69) is 30.9 Å². The molecule has 11 nitrogen and oxygen atoms in total. The fourth-order valence-corrected chi connectivity index (χ4v) is 3.31. The van der Waals surface area contributed by atoms with Crippen LogP contribution < -0.4 is 16.0 Å². The lowest BCUT2D eigenvalue weighted by atomic mass is 10.1. The Balaban J connectivity index is 0.00000507. The monoisotopic (exact) mass is 542 g/mol. The highest BCUT2D eigenvalue weighted by atomic mass is 32.1. The van der Waals surface area contributed by atoms with Crippen LogP contribution in [0.25, 0.3) is 11.1 Å². The Labute approximate surface area is 228 Å². The van der Waals surface area contributed by atoms with E-state index >= 15 is 0 Å². The molecule has 0 aliphatic heterocycles. The van der Waals surface area contributed by atoms with Gasteiger partial charge < -0.3 is 30.5 Å². The van der Waals surface area contributed by atoms with Crippen molar-refractivity contribution >= 4 is 43.0 Å². The van der Waals surface area contributed by atoms with E-state index in [0.29, 0.717) is 5.82 Å². The van der Waals surface area contributed by atoms with Crippen LogP contribution in [0.1, 0.15) is 32.8 Å². The zero-order chi connectivity index (χ0) is 26.8. The summed E-state index contributed by atoms with van der Waals surface area (Å²) in [6.07, 6.45) is 4.62. The Morgan fingerprint density at radius 2 is 1.79 bits per heavy atom. The van der Waals surface area contributed by atoms with E-state index in [1.54, 1.807) is 39.4 Å². The first-order valence-electron chi connectivity index (χ1n) is 11.7. The van der Waals surface area contributed by atoms with Gasteiger partial charge in [0.1, 0.15) is 17.5 Å². The number of rotatable bonds is 10. The summed E-state index contributed by atoms with van der Waals surface area (Å²) >= 11 is 0. The minimum absolute atomic E-state index is 0. The molecule has 38 heavy (non-hydrogen) atoms. The first kappa shape index (κ1) is 30.3. The highest BCUT2D eigenvalue weighted by Crippen LogP contribution is 2.23. The number of carbonyl (C=O) groups excluding carboxylic acids is 2. The molecule has 0 radical (unpaired) electrons. The van der Waals surface area contributed by atoms with E-state index < -0.39 is 23.7 Å². The summed E-state index contributed by atoms with van der Waals surface area (Å²) in [6.45, 7) is 5.46. The van der Waals surface area contributed by atoms with Gasteiger partial charge in [-0.05, 0) is 62.6 Å². The summed E-state index contributed by atoms with van der Waals surface area (Å²) in [4.78, 5) is 37.1. The third-order valence-corrected chi connectivity index (χ3v) is 5.02. The number of methoxy groups -OCH3 is 1. The predicted molar refractivity (Wildman–Crippen MR) is 150 cm³/mol. The van der Waals surface area contributed by atoms with Gasteiger partial charge in [0, 0.05) is 36.4 Å². The number of alkyl carbamates (subject to hydrolysis) is 1. The Bertz CT molecular complexity index is 1200. The van der Waals surface area contributed by atoms with E-state index in [1.165, 1.54) is 7.11 Å². The maximum absolute atomic E-state index is 12.2. The highest BCUT2D eigenvalue weighted by Gasteiger charge is 2.21. The molecule has 4 N–H and O–H groups in total. The standard InChI is InChI=1S/C26H32N6O5.H2S/c1-26(2,3)37-25(35)28-11-9-21(23(34)36-4)32-24-29-14-19(15-30-24)18-8-10-27-22(13-18)31-20-7-5-6-17(12-20)16-33;/h5-8,10,12-15,21,33H,9,11,16H2,1-4H3,(H,27,31)(H,28,35)(H,29,30,32);1H2. The van der Waals surface area contributed by atoms with Crippen LogP contribution in [0.2, 0.25) is 0 Å². The minimum Gasteiger partial charge on any atom is -0.467 e. The van der Waals surface area contributed by atoms with Crippen molar-refractivity contribution in [3.63, 3.8) is 0 Å². The van der Waals surface area contributed by atoms with Crippen molar-refractivity contribution in [1.82, 2.24) is 20.3 Å². The van der Waals surface area contributed by atoms with Crippen LogP contribution in [-0.4, -0.2) is 57.4 Å². The minimum atomic E-state index is -0.766. The summed E-state index contributed by atoms with van der Waals surface area (Å²) in [7, 11) is 1.29. The van der Waals surface area contributed by atoms with Gasteiger partial charge in [-0.1, -0.05) is 12.1 Å². The van der Waals surface area contributed by atoms with Crippen molar-refractivity contribution < 1.29 is 24.2 Å². The number of aromatic nitrogens is 3. The molecule has 1 aromatic carbocycles. The smallest absolute Gasteiger partial charge is 0.407 e. The Hall–Kier alpha value is -3.90. The summed E-state index contributed by atoms with van der Waals surface area (Å²) in [5.74, 6) is 0.358. The number of hydrogen-bond donors (Lipinski definition) is 4. The molecule has 0 aliphatic carbocycles. The number of carbonyl (C=O) groups is 2. The molecule has 0 saturated heterocycles. The van der Waals surface area contributed by atoms with E-state index in [4.69, 9.17) is 9.47 Å². The summed E-state index contributed by atoms with van der Waals surface area (Å²) in [6, 6.07) is 10.3. The maximum atomic E-state index is 12.2. The van der Waals surface area contributed by atoms with Gasteiger partial charge in [0.2, 0.25) is 5.95 Å². The van der Waals surface area contributed by atoms with Crippen LogP contribution in [0.4, 0.5) is 22.2 Å². The second-order valence-corrected chi connectivity index (χ2v) is 9.15. The van der Waals surface area contributed by atoms with Crippen LogP contribution >= 0.6 is 13.5 Å². The van der Waals surface area contributed by atoms with Gasteiger partial charge in [0.15, 0.2) is 0 Å². The van der Waals surface area contributed by atoms with Crippen molar-refractivity contribution in [2.45, 2.75) is 45.4 Å². The highest BCUT2D eigenvalue weighted by molar-refractivity contribution is 7.59. The zero-order valence-electron chi connectivity index (χ0n) is 21.8. The molecule has 0 fully saturated rings. The van der Waals surface area contributed by atoms with Crippen LogP contribution in [0, 0.1) is 0 Å². The van der Waals surface area contributed by atoms with E-state index in [0.717, 1.165) is 22.4 Å². The van der Waals surface area contributed by atoms with Gasteiger partial charge in [0.25, 0.3) is 0 Å². The average molecular weight is 543 g/mol. The van der Waals surface area contributed by atoms with E-state index in [9.17, 15) is 14.7 Å². The largest absolute Gasteiger partial charge is 0.467 e. The van der Waals surface area contributed by atoms with Gasteiger partial charge >= 0.3 is 12.1 Å². The molecule has 1 atom stereocenters. The molecule has 3 rings (SSSR count). The van der Waals surface area contributed by atoms with Crippen molar-refractivity contribution in [3.05, 3.63) is 60.6 Å². The molecule has 204 valence electrons. The molecule has 2 heterocycles. The van der Waals surface area contributed by atoms with Crippen LogP contribution in [0.5, 0.6) is 0 Å². The second-order valence-electron chi connectivity index (χ2n) is 9.15. The molecule has 1 unspecified atom stereocenters. The van der Waals surface area contributed by atoms with Gasteiger partial charge in [0.05, 0.1) is 13.7 Å². The second kappa shape index (κ2) is 14.1. The fraction of sp³-hybridized carbons (Fsp3) is 0.346. The number of benzene rings is 1. The molecule has 0 spiro atoms. The van der Waals surface area contributed by atoms with Crippen LogP contribution in [0.15, 0.2) is 55.0 Å². The van der Waals surface area contributed by atoms with Crippen LogP contribution in [-0.2, 0) is 20.9 Å². The van der Waals surface area contributed by atoms with Crippen molar-refractivity contribution in [2.24, 2.45) is 0 Å². The predicted octanol–water partition coefficient (Wildman–Crippen LogP) is 3.76. The van der Waals surface area contributed by atoms with E-state index in [1.807, 2.05) is 36.4 Å². The van der Waals surface area contributed by atoms with Crippen LogP contribution in [0.3, 0.4) is 0 Å². The maximum Gasteiger partial charge on any atom is 0.407 e. The number of pyridine rings is 1. The number of hydrogen-bond acceptors (Lipinski definition) is 10. The Morgan fingerprint density at radius 3 is 2.45 bits per heavy atom. The first-order chi connectivity index (χ1) is 17.7. The molecule has 0 bridgehead atoms. The molecule has 12 heteroatoms. The number of amides is 1. The SMILES string of the molecule is COC(=O)C(CCNC(=O)OC(C)(C)C)Nc1ncc(-c2ccnc(Nc3cccc(CO)c3)c2)cn1.S. The summed E-state index contributed by atoms with van der Waals surface area (Å²) in [5.41, 5.74) is 2.58. The topological polar surface area (TPSA) is 148 Å². The number of aliphatic hydroxyl groups is 1. The molecule has 0 saturated carbocycles. The molecule has 0 aliphatic rings. The summed E-state index contributed by atoms with van der Waals surface area (Å²) in [5, 5.41) is 18.1.